The maximum absolute atomic E-state index is 10.6. The lowest BCUT2D eigenvalue weighted by Crippen LogP contribution is -2.55. The highest BCUT2D eigenvalue weighted by Crippen LogP contribution is 2.08. The number of carboxylic acids is 1. The van der Waals surface area contributed by atoms with Gasteiger partial charge in [0.1, 0.15) is 11.6 Å². The van der Waals surface area contributed by atoms with Crippen LogP contribution in [0.5, 0.6) is 0 Å². The number of rotatable bonds is 3. The molecule has 0 aromatic heterocycles. The average molecular weight is 161 g/mol. The Morgan fingerprint density at radius 1 is 1.55 bits per heavy atom. The summed E-state index contributed by atoms with van der Waals surface area (Å²) in [5.41, 5.74) is 3.04. The number of Topliss-reactive ketones (excluding diaryl/α,β-unsaturated/α-hetero) is 1. The zero-order valence-electron chi connectivity index (χ0n) is 6.37. The standard InChI is InChI=1S/C6H11NO4/c1-3(8)6(2,11)4(7)5(9)10/h4,11H,7H2,1-2H3,(H,9,10)/t4-,6+/m1/s1. The smallest absolute Gasteiger partial charge is 0.323 e. The van der Waals surface area contributed by atoms with Crippen LogP contribution in [0.3, 0.4) is 0 Å². The Labute approximate surface area is 63.8 Å². The first-order chi connectivity index (χ1) is 4.80. The van der Waals surface area contributed by atoms with E-state index in [1.54, 1.807) is 0 Å². The Morgan fingerprint density at radius 3 is 2.00 bits per heavy atom. The molecule has 0 unspecified atom stereocenters. The topological polar surface area (TPSA) is 101 Å². The van der Waals surface area contributed by atoms with Crippen molar-refractivity contribution < 1.29 is 19.8 Å². The maximum atomic E-state index is 10.6. The van der Waals surface area contributed by atoms with Crippen molar-refractivity contribution in [1.29, 1.82) is 0 Å². The summed E-state index contributed by atoms with van der Waals surface area (Å²) in [4.78, 5) is 20.8. The SMILES string of the molecule is CC(=O)[C@](C)(O)[C@H](N)C(=O)O. The molecule has 5 heteroatoms. The predicted octanol–water partition coefficient (Wildman–Crippen LogP) is -1.26. The number of ketones is 1. The molecule has 0 saturated carbocycles. The molecule has 64 valence electrons. The summed E-state index contributed by atoms with van der Waals surface area (Å²) in [6.45, 7) is 2.16. The molecule has 0 spiro atoms. The first-order valence-corrected chi connectivity index (χ1v) is 3.02. The van der Waals surface area contributed by atoms with Crippen LogP contribution in [0.1, 0.15) is 13.8 Å². The molecular formula is C6H11NO4. The van der Waals surface area contributed by atoms with Crippen molar-refractivity contribution in [2.24, 2.45) is 5.73 Å². The second kappa shape index (κ2) is 2.98. The third-order valence-corrected chi connectivity index (χ3v) is 1.58. The molecule has 0 aromatic rings. The van der Waals surface area contributed by atoms with Gasteiger partial charge in [0, 0.05) is 0 Å². The van der Waals surface area contributed by atoms with Gasteiger partial charge >= 0.3 is 5.97 Å². The van der Waals surface area contributed by atoms with Gasteiger partial charge in [0.05, 0.1) is 0 Å². The van der Waals surface area contributed by atoms with Crippen LogP contribution in [0.15, 0.2) is 0 Å². The van der Waals surface area contributed by atoms with Gasteiger partial charge in [-0.1, -0.05) is 0 Å². The molecule has 0 aliphatic heterocycles. The third kappa shape index (κ3) is 1.99. The van der Waals surface area contributed by atoms with Crippen LogP contribution in [0.25, 0.3) is 0 Å². The predicted molar refractivity (Wildman–Crippen MR) is 36.9 cm³/mol. The zero-order chi connectivity index (χ0) is 9.23. The van der Waals surface area contributed by atoms with Crippen molar-refractivity contribution in [1.82, 2.24) is 0 Å². The summed E-state index contributed by atoms with van der Waals surface area (Å²) in [7, 11) is 0. The summed E-state index contributed by atoms with van der Waals surface area (Å²) in [6, 6.07) is -1.57. The quantitative estimate of drug-likeness (QED) is 0.479. The average Bonchev–Trinajstić information content (AvgIpc) is 1.85. The van der Waals surface area contributed by atoms with Crippen molar-refractivity contribution in [3.8, 4) is 0 Å². The minimum Gasteiger partial charge on any atom is -0.480 e. The van der Waals surface area contributed by atoms with E-state index in [2.05, 4.69) is 0 Å². The van der Waals surface area contributed by atoms with Crippen molar-refractivity contribution >= 4 is 11.8 Å². The minimum absolute atomic E-state index is 0.660. The van der Waals surface area contributed by atoms with Gasteiger partial charge in [-0.2, -0.15) is 0 Å². The Kier molecular flexibility index (Phi) is 2.72. The molecule has 0 radical (unpaired) electrons. The first-order valence-electron chi connectivity index (χ1n) is 3.02. The van der Waals surface area contributed by atoms with Gasteiger partial charge in [0.2, 0.25) is 0 Å². The summed E-state index contributed by atoms with van der Waals surface area (Å²) < 4.78 is 0. The molecule has 0 bridgehead atoms. The molecule has 2 atom stereocenters. The number of aliphatic hydroxyl groups is 1. The van der Waals surface area contributed by atoms with E-state index in [0.717, 1.165) is 13.8 Å². The van der Waals surface area contributed by atoms with E-state index in [4.69, 9.17) is 10.8 Å². The molecule has 0 aliphatic carbocycles. The fraction of sp³-hybridized carbons (Fsp3) is 0.667. The van der Waals surface area contributed by atoms with E-state index in [1.807, 2.05) is 0 Å². The van der Waals surface area contributed by atoms with E-state index in [0.29, 0.717) is 0 Å². The Morgan fingerprint density at radius 2 is 1.91 bits per heavy atom. The highest BCUT2D eigenvalue weighted by molar-refractivity contribution is 5.91. The van der Waals surface area contributed by atoms with E-state index >= 15 is 0 Å². The third-order valence-electron chi connectivity index (χ3n) is 1.58. The lowest BCUT2D eigenvalue weighted by molar-refractivity contribution is -0.151. The minimum atomic E-state index is -1.98. The maximum Gasteiger partial charge on any atom is 0.323 e. The second-order valence-electron chi connectivity index (χ2n) is 2.52. The highest BCUT2D eigenvalue weighted by Gasteiger charge is 2.38. The molecule has 4 N–H and O–H groups in total. The van der Waals surface area contributed by atoms with Gasteiger partial charge in [0.25, 0.3) is 0 Å². The number of aliphatic carboxylic acids is 1. The number of carboxylic acid groups (broad SMARTS) is 1. The second-order valence-corrected chi connectivity index (χ2v) is 2.52. The Balaban J connectivity index is 4.55. The number of hydrogen-bond acceptors (Lipinski definition) is 4. The van der Waals surface area contributed by atoms with Crippen LogP contribution in [-0.2, 0) is 9.59 Å². The van der Waals surface area contributed by atoms with Gasteiger partial charge in [-0.05, 0) is 13.8 Å². The monoisotopic (exact) mass is 161 g/mol. The number of carbonyl (C=O) groups excluding carboxylic acids is 1. The summed E-state index contributed by atoms with van der Waals surface area (Å²) >= 11 is 0. The van der Waals surface area contributed by atoms with Crippen molar-refractivity contribution in [2.45, 2.75) is 25.5 Å². The fourth-order valence-electron chi connectivity index (χ4n) is 0.459. The van der Waals surface area contributed by atoms with E-state index < -0.39 is 23.4 Å². The van der Waals surface area contributed by atoms with Gasteiger partial charge in [-0.15, -0.1) is 0 Å². The Bertz CT molecular complexity index is 187. The van der Waals surface area contributed by atoms with Crippen LogP contribution in [0.4, 0.5) is 0 Å². The molecule has 0 aromatic carbocycles. The molecule has 0 fully saturated rings. The lowest BCUT2D eigenvalue weighted by atomic mass is 9.93. The molecular weight excluding hydrogens is 150 g/mol. The van der Waals surface area contributed by atoms with Crippen LogP contribution in [-0.4, -0.2) is 33.6 Å². The van der Waals surface area contributed by atoms with Gasteiger partial charge in [-0.3, -0.25) is 9.59 Å². The summed E-state index contributed by atoms with van der Waals surface area (Å²) in [5.74, 6) is -2.06. The molecule has 11 heavy (non-hydrogen) atoms. The van der Waals surface area contributed by atoms with Crippen LogP contribution >= 0.6 is 0 Å². The van der Waals surface area contributed by atoms with E-state index in [9.17, 15) is 14.7 Å². The molecule has 5 nitrogen and oxygen atoms in total. The number of hydrogen-bond donors (Lipinski definition) is 3. The molecule has 0 saturated heterocycles. The zero-order valence-corrected chi connectivity index (χ0v) is 6.37. The van der Waals surface area contributed by atoms with E-state index in [1.165, 1.54) is 0 Å². The normalized spacial score (nSPS) is 18.5. The molecule has 0 amide bonds. The van der Waals surface area contributed by atoms with Crippen LogP contribution < -0.4 is 5.73 Å². The van der Waals surface area contributed by atoms with Crippen molar-refractivity contribution in [3.05, 3.63) is 0 Å². The van der Waals surface area contributed by atoms with E-state index in [-0.39, 0.29) is 0 Å². The Hall–Kier alpha value is -0.940. The molecule has 0 heterocycles. The largest absolute Gasteiger partial charge is 0.480 e. The van der Waals surface area contributed by atoms with Crippen LogP contribution in [0, 0.1) is 0 Å². The number of nitrogens with two attached hydrogens (primary N) is 1. The van der Waals surface area contributed by atoms with Gasteiger partial charge in [0.15, 0.2) is 5.78 Å². The van der Waals surface area contributed by atoms with Crippen LogP contribution in [0.2, 0.25) is 0 Å². The van der Waals surface area contributed by atoms with Gasteiger partial charge < -0.3 is 15.9 Å². The van der Waals surface area contributed by atoms with Gasteiger partial charge in [-0.25, -0.2) is 0 Å². The van der Waals surface area contributed by atoms with Crippen molar-refractivity contribution in [2.75, 3.05) is 0 Å². The molecule has 0 aliphatic rings. The molecule has 0 rings (SSSR count). The fourth-order valence-corrected chi connectivity index (χ4v) is 0.459. The summed E-state index contributed by atoms with van der Waals surface area (Å²) in [6.07, 6.45) is 0. The highest BCUT2D eigenvalue weighted by atomic mass is 16.4. The van der Waals surface area contributed by atoms with Crippen molar-refractivity contribution in [3.63, 3.8) is 0 Å². The summed E-state index contributed by atoms with van der Waals surface area (Å²) in [5, 5.41) is 17.5. The first kappa shape index (κ1) is 10.1. The lowest BCUT2D eigenvalue weighted by Gasteiger charge is -2.23. The number of carbonyl (C=O) groups is 2.